The maximum absolute atomic E-state index is 11.9. The average Bonchev–Trinajstić information content (AvgIpc) is 2.38. The number of rotatable bonds is 6. The van der Waals surface area contributed by atoms with Gasteiger partial charge in [-0.1, -0.05) is 15.9 Å². The van der Waals surface area contributed by atoms with Crippen molar-refractivity contribution in [3.05, 3.63) is 18.2 Å². The van der Waals surface area contributed by atoms with Crippen molar-refractivity contribution < 1.29 is 19.1 Å². The van der Waals surface area contributed by atoms with E-state index in [1.165, 1.54) is 0 Å². The van der Waals surface area contributed by atoms with Crippen LogP contribution in [0, 0.1) is 0 Å². The maximum Gasteiger partial charge on any atom is 0.231 e. The fraction of sp³-hybridized carbons (Fsp3) is 0.556. The number of ketones is 1. The van der Waals surface area contributed by atoms with Crippen LogP contribution in [-0.4, -0.2) is 28.2 Å². The van der Waals surface area contributed by atoms with Crippen molar-refractivity contribution in [2.24, 2.45) is 0 Å². The van der Waals surface area contributed by atoms with Gasteiger partial charge in [0.15, 0.2) is 17.3 Å². The van der Waals surface area contributed by atoms with Crippen LogP contribution in [0.2, 0.25) is 0 Å². The molecule has 0 saturated carbocycles. The lowest BCUT2D eigenvalue weighted by Gasteiger charge is -2.27. The average molecular weight is 400 g/mol. The number of alkyl halides is 1. The molecule has 6 heteroatoms. The van der Waals surface area contributed by atoms with E-state index >= 15 is 0 Å². The second-order valence-electron chi connectivity index (χ2n) is 7.49. The molecule has 0 radical (unpaired) electrons. The smallest absolute Gasteiger partial charge is 0.231 e. The number of ether oxygens (including phenoxy) is 2. The second kappa shape index (κ2) is 8.01. The van der Waals surface area contributed by atoms with E-state index in [1.54, 1.807) is 18.2 Å². The van der Waals surface area contributed by atoms with Gasteiger partial charge in [-0.3, -0.25) is 9.59 Å². The Kier molecular flexibility index (Phi) is 6.84. The van der Waals surface area contributed by atoms with Crippen LogP contribution in [0.15, 0.2) is 18.2 Å². The summed E-state index contributed by atoms with van der Waals surface area (Å²) < 4.78 is 11.9. The van der Waals surface area contributed by atoms with Crippen LogP contribution >= 0.6 is 15.9 Å². The Balaban J connectivity index is 3.02. The van der Waals surface area contributed by atoms with E-state index in [-0.39, 0.29) is 29.0 Å². The Labute approximate surface area is 152 Å². The summed E-state index contributed by atoms with van der Waals surface area (Å²) in [6.07, 6.45) is -0.166. The molecule has 1 aromatic carbocycles. The Bertz CT molecular complexity index is 600. The minimum absolute atomic E-state index is 0.164. The zero-order valence-corrected chi connectivity index (χ0v) is 16.7. The highest BCUT2D eigenvalue weighted by atomic mass is 79.9. The molecule has 0 unspecified atom stereocenters. The molecule has 1 amide bonds. The molecule has 0 bridgehead atoms. The standard InChI is InChI=1S/C18H26BrNO4/c1-17(2,3)23-14-8-7-12(9-15(14)24-18(4,5)6)20-16(22)10-13(21)11-19/h7-9H,10-11H2,1-6H3,(H,20,22). The largest absolute Gasteiger partial charge is 0.484 e. The number of benzene rings is 1. The van der Waals surface area contributed by atoms with E-state index in [1.807, 2.05) is 41.5 Å². The first-order valence-electron chi connectivity index (χ1n) is 7.79. The molecule has 0 aromatic heterocycles. The third-order valence-electron chi connectivity index (χ3n) is 2.57. The maximum atomic E-state index is 11.9. The number of halogens is 1. The zero-order chi connectivity index (χ0) is 18.5. The van der Waals surface area contributed by atoms with Crippen molar-refractivity contribution in [2.75, 3.05) is 10.6 Å². The van der Waals surface area contributed by atoms with Gasteiger partial charge in [0, 0.05) is 11.8 Å². The van der Waals surface area contributed by atoms with Crippen molar-refractivity contribution in [2.45, 2.75) is 59.2 Å². The summed E-state index contributed by atoms with van der Waals surface area (Å²) in [6.45, 7) is 11.7. The highest BCUT2D eigenvalue weighted by molar-refractivity contribution is 9.09. The van der Waals surface area contributed by atoms with E-state index in [0.29, 0.717) is 17.2 Å². The molecule has 0 aliphatic carbocycles. The Morgan fingerprint density at radius 2 is 1.54 bits per heavy atom. The Morgan fingerprint density at radius 3 is 2.04 bits per heavy atom. The van der Waals surface area contributed by atoms with E-state index in [2.05, 4.69) is 21.2 Å². The number of anilines is 1. The lowest BCUT2D eigenvalue weighted by molar-refractivity contribution is -0.123. The number of hydrogen-bond donors (Lipinski definition) is 1. The molecule has 1 rings (SSSR count). The molecule has 24 heavy (non-hydrogen) atoms. The molecule has 134 valence electrons. The number of Topliss-reactive ketones (excluding diaryl/α,β-unsaturated/α-hetero) is 1. The fourth-order valence-electron chi connectivity index (χ4n) is 1.84. The molecule has 0 heterocycles. The summed E-state index contributed by atoms with van der Waals surface area (Å²) in [5.74, 6) is 0.617. The van der Waals surface area contributed by atoms with Crippen molar-refractivity contribution >= 4 is 33.3 Å². The van der Waals surface area contributed by atoms with E-state index in [4.69, 9.17) is 9.47 Å². The lowest BCUT2D eigenvalue weighted by atomic mass is 10.1. The zero-order valence-electron chi connectivity index (χ0n) is 15.2. The van der Waals surface area contributed by atoms with E-state index in [9.17, 15) is 9.59 Å². The van der Waals surface area contributed by atoms with Gasteiger partial charge < -0.3 is 14.8 Å². The highest BCUT2D eigenvalue weighted by Crippen LogP contribution is 2.35. The van der Waals surface area contributed by atoms with Crippen molar-refractivity contribution in [3.63, 3.8) is 0 Å². The van der Waals surface area contributed by atoms with Gasteiger partial charge in [-0.05, 0) is 53.7 Å². The minimum Gasteiger partial charge on any atom is -0.484 e. The molecule has 0 fully saturated rings. The van der Waals surface area contributed by atoms with Crippen LogP contribution in [-0.2, 0) is 9.59 Å². The molecular weight excluding hydrogens is 374 g/mol. The van der Waals surface area contributed by atoms with Gasteiger partial charge in [0.25, 0.3) is 0 Å². The lowest BCUT2D eigenvalue weighted by Crippen LogP contribution is -2.26. The van der Waals surface area contributed by atoms with Gasteiger partial charge in [0.1, 0.15) is 11.2 Å². The van der Waals surface area contributed by atoms with Crippen LogP contribution < -0.4 is 14.8 Å². The van der Waals surface area contributed by atoms with Crippen LogP contribution in [0.4, 0.5) is 5.69 Å². The number of carbonyl (C=O) groups is 2. The summed E-state index contributed by atoms with van der Waals surface area (Å²) in [6, 6.07) is 5.20. The molecule has 1 aromatic rings. The van der Waals surface area contributed by atoms with Gasteiger partial charge in [-0.15, -0.1) is 0 Å². The summed E-state index contributed by atoms with van der Waals surface area (Å²) in [4.78, 5) is 23.2. The molecule has 5 nitrogen and oxygen atoms in total. The summed E-state index contributed by atoms with van der Waals surface area (Å²) >= 11 is 3.04. The van der Waals surface area contributed by atoms with Crippen LogP contribution in [0.3, 0.4) is 0 Å². The number of carbonyl (C=O) groups excluding carboxylic acids is 2. The topological polar surface area (TPSA) is 64.6 Å². The molecule has 0 aliphatic rings. The predicted molar refractivity (Wildman–Crippen MR) is 99.3 cm³/mol. The third kappa shape index (κ3) is 7.81. The Hall–Kier alpha value is -1.56. The first kappa shape index (κ1) is 20.5. The minimum atomic E-state index is -0.412. The van der Waals surface area contributed by atoms with Crippen molar-refractivity contribution in [1.29, 1.82) is 0 Å². The van der Waals surface area contributed by atoms with Gasteiger partial charge >= 0.3 is 0 Å². The van der Waals surface area contributed by atoms with Gasteiger partial charge in [-0.2, -0.15) is 0 Å². The van der Waals surface area contributed by atoms with Crippen LogP contribution in [0.1, 0.15) is 48.0 Å². The van der Waals surface area contributed by atoms with Crippen molar-refractivity contribution in [1.82, 2.24) is 0 Å². The molecule has 0 aliphatic heterocycles. The fourth-order valence-corrected chi connectivity index (χ4v) is 2.04. The second-order valence-corrected chi connectivity index (χ2v) is 8.05. The Morgan fingerprint density at radius 1 is 1.00 bits per heavy atom. The SMILES string of the molecule is CC(C)(C)Oc1ccc(NC(=O)CC(=O)CBr)cc1OC(C)(C)C. The number of nitrogens with one attached hydrogen (secondary N) is 1. The van der Waals surface area contributed by atoms with Gasteiger partial charge in [0.2, 0.25) is 5.91 Å². The van der Waals surface area contributed by atoms with Crippen LogP contribution in [0.25, 0.3) is 0 Å². The highest BCUT2D eigenvalue weighted by Gasteiger charge is 2.20. The van der Waals surface area contributed by atoms with Gasteiger partial charge in [-0.25, -0.2) is 0 Å². The first-order valence-corrected chi connectivity index (χ1v) is 8.91. The van der Waals surface area contributed by atoms with E-state index in [0.717, 1.165) is 0 Å². The van der Waals surface area contributed by atoms with E-state index < -0.39 is 5.60 Å². The summed E-state index contributed by atoms with van der Waals surface area (Å²) in [5, 5.41) is 2.87. The molecule has 0 saturated heterocycles. The predicted octanol–water partition coefficient (Wildman–Crippen LogP) is 4.33. The molecule has 0 atom stereocenters. The molecule has 0 spiro atoms. The third-order valence-corrected chi connectivity index (χ3v) is 3.19. The molecular formula is C18H26BrNO4. The first-order chi connectivity index (χ1) is 10.9. The quantitative estimate of drug-likeness (QED) is 0.570. The number of hydrogen-bond acceptors (Lipinski definition) is 4. The summed E-state index contributed by atoms with van der Waals surface area (Å²) in [5.41, 5.74) is -0.226. The number of amides is 1. The molecule has 1 N–H and O–H groups in total. The normalized spacial score (nSPS) is 11.8. The van der Waals surface area contributed by atoms with Crippen LogP contribution in [0.5, 0.6) is 11.5 Å². The van der Waals surface area contributed by atoms with Crippen molar-refractivity contribution in [3.8, 4) is 11.5 Å². The summed E-state index contributed by atoms with van der Waals surface area (Å²) in [7, 11) is 0. The van der Waals surface area contributed by atoms with Gasteiger partial charge in [0.05, 0.1) is 11.8 Å². The monoisotopic (exact) mass is 399 g/mol.